The summed E-state index contributed by atoms with van der Waals surface area (Å²) in [6, 6.07) is 1.52. The molecular formula is C12H18ClNO4S2. The number of thiophene rings is 1. The van der Waals surface area contributed by atoms with Crippen LogP contribution in [0.5, 0.6) is 0 Å². The molecule has 0 spiro atoms. The second-order valence-electron chi connectivity index (χ2n) is 4.17. The lowest BCUT2D eigenvalue weighted by Gasteiger charge is -2.19. The van der Waals surface area contributed by atoms with Crippen LogP contribution in [0.2, 0.25) is 4.34 Å². The second-order valence-corrected chi connectivity index (χ2v) is 7.98. The lowest BCUT2D eigenvalue weighted by atomic mass is 10.4. The third-order valence-corrected chi connectivity index (χ3v) is 6.36. The van der Waals surface area contributed by atoms with Crippen LogP contribution in [0.4, 0.5) is 0 Å². The van der Waals surface area contributed by atoms with Crippen LogP contribution < -0.4 is 0 Å². The second kappa shape index (κ2) is 7.40. The molecule has 8 heteroatoms. The number of sulfonamides is 1. The Hall–Kier alpha value is -0.630. The summed E-state index contributed by atoms with van der Waals surface area (Å²) >= 11 is 6.92. The lowest BCUT2D eigenvalue weighted by molar-refractivity contribution is -0.143. The van der Waals surface area contributed by atoms with E-state index in [2.05, 4.69) is 0 Å². The van der Waals surface area contributed by atoms with Gasteiger partial charge in [0.2, 0.25) is 0 Å². The molecule has 1 rings (SSSR count). The fourth-order valence-corrected chi connectivity index (χ4v) is 4.91. The van der Waals surface area contributed by atoms with Gasteiger partial charge in [0, 0.05) is 6.54 Å². The SMILES string of the molecule is CCCN(CC(=O)OCC)S(=O)(=O)c1cc(C)c(Cl)s1. The highest BCUT2D eigenvalue weighted by Gasteiger charge is 2.28. The summed E-state index contributed by atoms with van der Waals surface area (Å²) in [5, 5.41) is 0. The fourth-order valence-electron chi connectivity index (χ4n) is 1.57. The molecular weight excluding hydrogens is 322 g/mol. The van der Waals surface area contributed by atoms with E-state index in [-0.39, 0.29) is 23.9 Å². The maximum absolute atomic E-state index is 12.5. The van der Waals surface area contributed by atoms with Gasteiger partial charge in [-0.1, -0.05) is 18.5 Å². The Labute approximate surface area is 128 Å². The molecule has 1 heterocycles. The quantitative estimate of drug-likeness (QED) is 0.716. The van der Waals surface area contributed by atoms with Gasteiger partial charge in [-0.25, -0.2) is 8.42 Å². The summed E-state index contributed by atoms with van der Waals surface area (Å²) in [5.41, 5.74) is 0.711. The van der Waals surface area contributed by atoms with Crippen LogP contribution >= 0.6 is 22.9 Å². The normalized spacial score (nSPS) is 11.8. The lowest BCUT2D eigenvalue weighted by Crippen LogP contribution is -2.36. The molecule has 0 atom stereocenters. The van der Waals surface area contributed by atoms with Gasteiger partial charge in [0.15, 0.2) is 0 Å². The molecule has 1 aromatic rings. The number of carbonyl (C=O) groups excluding carboxylic acids is 1. The molecule has 5 nitrogen and oxygen atoms in total. The van der Waals surface area contributed by atoms with E-state index in [4.69, 9.17) is 16.3 Å². The van der Waals surface area contributed by atoms with Crippen molar-refractivity contribution in [2.24, 2.45) is 0 Å². The predicted octanol–water partition coefficient (Wildman–Crippen LogP) is 2.67. The van der Waals surface area contributed by atoms with Gasteiger partial charge in [-0.3, -0.25) is 4.79 Å². The van der Waals surface area contributed by atoms with Gasteiger partial charge in [-0.15, -0.1) is 11.3 Å². The highest BCUT2D eigenvalue weighted by Crippen LogP contribution is 2.32. The van der Waals surface area contributed by atoms with Crippen molar-refractivity contribution in [2.45, 2.75) is 31.4 Å². The topological polar surface area (TPSA) is 63.7 Å². The first-order valence-electron chi connectivity index (χ1n) is 6.24. The first kappa shape index (κ1) is 17.4. The van der Waals surface area contributed by atoms with E-state index in [1.165, 1.54) is 6.07 Å². The standard InChI is InChI=1S/C12H18ClNO4S2/c1-4-6-14(8-10(15)18-5-2)20(16,17)11-7-9(3)12(13)19-11/h7H,4-6,8H2,1-3H3. The van der Waals surface area contributed by atoms with Crippen molar-refractivity contribution in [3.8, 4) is 0 Å². The van der Waals surface area contributed by atoms with Crippen molar-refractivity contribution in [1.29, 1.82) is 0 Å². The average Bonchev–Trinajstić information content (AvgIpc) is 2.70. The van der Waals surface area contributed by atoms with E-state index in [0.29, 0.717) is 16.3 Å². The molecule has 0 unspecified atom stereocenters. The molecule has 1 aromatic heterocycles. The number of halogens is 1. The molecule has 20 heavy (non-hydrogen) atoms. The van der Waals surface area contributed by atoms with E-state index >= 15 is 0 Å². The van der Waals surface area contributed by atoms with Crippen molar-refractivity contribution in [2.75, 3.05) is 19.7 Å². The molecule has 0 bridgehead atoms. The molecule has 0 radical (unpaired) electrons. The maximum Gasteiger partial charge on any atom is 0.321 e. The number of ether oxygens (including phenoxy) is 1. The Morgan fingerprint density at radius 3 is 2.55 bits per heavy atom. The molecule has 0 aliphatic heterocycles. The Morgan fingerprint density at radius 2 is 2.10 bits per heavy atom. The zero-order chi connectivity index (χ0) is 15.3. The summed E-state index contributed by atoms with van der Waals surface area (Å²) < 4.78 is 31.5. The van der Waals surface area contributed by atoms with Crippen molar-refractivity contribution < 1.29 is 17.9 Å². The van der Waals surface area contributed by atoms with Crippen LogP contribution in [0.1, 0.15) is 25.8 Å². The summed E-state index contributed by atoms with van der Waals surface area (Å²) in [6.07, 6.45) is 0.608. The zero-order valence-electron chi connectivity index (χ0n) is 11.7. The monoisotopic (exact) mass is 339 g/mol. The number of aryl methyl sites for hydroxylation is 1. The molecule has 0 fully saturated rings. The highest BCUT2D eigenvalue weighted by atomic mass is 35.5. The third kappa shape index (κ3) is 4.18. The summed E-state index contributed by atoms with van der Waals surface area (Å²) in [7, 11) is -3.71. The smallest absolute Gasteiger partial charge is 0.321 e. The number of hydrogen-bond acceptors (Lipinski definition) is 5. The van der Waals surface area contributed by atoms with Crippen LogP contribution in [0.3, 0.4) is 0 Å². The van der Waals surface area contributed by atoms with Gasteiger partial charge >= 0.3 is 5.97 Å². The van der Waals surface area contributed by atoms with Crippen LogP contribution in [0.25, 0.3) is 0 Å². The first-order valence-corrected chi connectivity index (χ1v) is 8.88. The van der Waals surface area contributed by atoms with E-state index in [0.717, 1.165) is 15.6 Å². The highest BCUT2D eigenvalue weighted by molar-refractivity contribution is 7.91. The first-order chi connectivity index (χ1) is 9.32. The van der Waals surface area contributed by atoms with Crippen molar-refractivity contribution in [3.63, 3.8) is 0 Å². The van der Waals surface area contributed by atoms with Gasteiger partial charge in [0.05, 0.1) is 10.9 Å². The van der Waals surface area contributed by atoms with Gasteiger partial charge in [0.1, 0.15) is 10.8 Å². The van der Waals surface area contributed by atoms with Crippen LogP contribution in [-0.4, -0.2) is 38.4 Å². The van der Waals surface area contributed by atoms with Crippen molar-refractivity contribution in [1.82, 2.24) is 4.31 Å². The summed E-state index contributed by atoms with van der Waals surface area (Å²) in [5.74, 6) is -0.552. The van der Waals surface area contributed by atoms with Gasteiger partial charge in [0.25, 0.3) is 10.0 Å². The van der Waals surface area contributed by atoms with E-state index in [1.807, 2.05) is 6.92 Å². The van der Waals surface area contributed by atoms with Gasteiger partial charge in [-0.05, 0) is 31.9 Å². The van der Waals surface area contributed by atoms with Crippen LogP contribution in [0.15, 0.2) is 10.3 Å². The van der Waals surface area contributed by atoms with Crippen molar-refractivity contribution >= 4 is 38.9 Å². The van der Waals surface area contributed by atoms with E-state index < -0.39 is 16.0 Å². The molecule has 0 saturated heterocycles. The molecule has 0 N–H and O–H groups in total. The molecule has 114 valence electrons. The fraction of sp³-hybridized carbons (Fsp3) is 0.583. The minimum atomic E-state index is -3.71. The number of hydrogen-bond donors (Lipinski definition) is 0. The Balaban J connectivity index is 3.02. The van der Waals surface area contributed by atoms with Gasteiger partial charge in [-0.2, -0.15) is 4.31 Å². The summed E-state index contributed by atoms with van der Waals surface area (Å²) in [4.78, 5) is 11.5. The number of esters is 1. The molecule has 0 aliphatic carbocycles. The molecule has 0 saturated carbocycles. The average molecular weight is 340 g/mol. The van der Waals surface area contributed by atoms with Crippen molar-refractivity contribution in [3.05, 3.63) is 16.0 Å². The Morgan fingerprint density at radius 1 is 1.45 bits per heavy atom. The van der Waals surface area contributed by atoms with Crippen LogP contribution in [-0.2, 0) is 19.6 Å². The largest absolute Gasteiger partial charge is 0.465 e. The van der Waals surface area contributed by atoms with E-state index in [9.17, 15) is 13.2 Å². The zero-order valence-corrected chi connectivity index (χ0v) is 14.1. The maximum atomic E-state index is 12.5. The molecule has 0 amide bonds. The number of nitrogens with zero attached hydrogens (tertiary/aromatic N) is 1. The number of carbonyl (C=O) groups is 1. The Bertz CT molecular complexity index is 549. The number of rotatable bonds is 7. The van der Waals surface area contributed by atoms with Gasteiger partial charge < -0.3 is 4.74 Å². The molecule has 0 aliphatic rings. The minimum Gasteiger partial charge on any atom is -0.465 e. The summed E-state index contributed by atoms with van der Waals surface area (Å²) in [6.45, 7) is 5.48. The van der Waals surface area contributed by atoms with E-state index in [1.54, 1.807) is 13.8 Å². The molecule has 0 aromatic carbocycles. The predicted molar refractivity (Wildman–Crippen MR) is 79.7 cm³/mol. The minimum absolute atomic E-state index is 0.151. The Kier molecular flexibility index (Phi) is 6.44. The van der Waals surface area contributed by atoms with Crippen LogP contribution in [0, 0.1) is 6.92 Å². The third-order valence-electron chi connectivity index (χ3n) is 2.51.